The molecule has 0 radical (unpaired) electrons. The molecule has 2 bridgehead atoms. The van der Waals surface area contributed by atoms with Crippen molar-refractivity contribution < 1.29 is 28.1 Å². The van der Waals surface area contributed by atoms with E-state index in [1.54, 1.807) is 13.0 Å². The maximum Gasteiger partial charge on any atom is 0.410 e. The summed E-state index contributed by atoms with van der Waals surface area (Å²) in [7, 11) is 3.00. The summed E-state index contributed by atoms with van der Waals surface area (Å²) in [5, 5.41) is 0.668. The third-order valence-electron chi connectivity index (χ3n) is 6.31. The molecule has 2 fully saturated rings. The Kier molecular flexibility index (Phi) is 7.85. The number of rotatable bonds is 6. The highest BCUT2D eigenvalue weighted by Crippen LogP contribution is 2.39. The molecule has 0 saturated carbocycles. The Morgan fingerprint density at radius 3 is 2.36 bits per heavy atom. The van der Waals surface area contributed by atoms with Crippen molar-refractivity contribution >= 4 is 50.3 Å². The zero-order valence-electron chi connectivity index (χ0n) is 21.2. The van der Waals surface area contributed by atoms with Crippen LogP contribution in [0.5, 0.6) is 6.01 Å². The molecule has 0 aliphatic carbocycles. The third kappa shape index (κ3) is 5.34. The number of nitrogens with zero attached hydrogens (tertiary/aromatic N) is 4. The lowest BCUT2D eigenvalue weighted by Gasteiger charge is -2.42. The van der Waals surface area contributed by atoms with Crippen molar-refractivity contribution in [3.63, 3.8) is 0 Å². The molecule has 198 valence electrons. The monoisotopic (exact) mass is 588 g/mol. The van der Waals surface area contributed by atoms with Crippen LogP contribution in [0.3, 0.4) is 0 Å². The minimum Gasteiger partial charge on any atom is -0.455 e. The van der Waals surface area contributed by atoms with Crippen molar-refractivity contribution in [2.45, 2.75) is 70.6 Å². The number of fused-ring (bicyclic) bond motifs is 3. The number of benzene rings is 1. The van der Waals surface area contributed by atoms with Crippen LogP contribution in [0.25, 0.3) is 10.9 Å². The van der Waals surface area contributed by atoms with Gasteiger partial charge < -0.3 is 23.8 Å². The van der Waals surface area contributed by atoms with E-state index >= 15 is 4.39 Å². The number of halogens is 3. The number of methoxy groups -OCH3 is 2. The third-order valence-corrected chi connectivity index (χ3v) is 7.61. The molecule has 1 aromatic heterocycles. The largest absolute Gasteiger partial charge is 0.455 e. The first-order chi connectivity index (χ1) is 16.9. The van der Waals surface area contributed by atoms with E-state index in [1.165, 1.54) is 14.2 Å². The fourth-order valence-corrected chi connectivity index (χ4v) is 5.31. The van der Waals surface area contributed by atoms with E-state index in [0.717, 1.165) is 12.8 Å². The van der Waals surface area contributed by atoms with Gasteiger partial charge in [-0.1, -0.05) is 11.6 Å². The van der Waals surface area contributed by atoms with Gasteiger partial charge >= 0.3 is 12.1 Å². The zero-order chi connectivity index (χ0) is 26.4. The Morgan fingerprint density at radius 2 is 1.81 bits per heavy atom. The van der Waals surface area contributed by atoms with Gasteiger partial charge in [0.05, 0.1) is 21.6 Å². The van der Waals surface area contributed by atoms with Crippen molar-refractivity contribution in [3.05, 3.63) is 21.4 Å². The maximum absolute atomic E-state index is 15.3. The highest BCUT2D eigenvalue weighted by molar-refractivity contribution is 9.10. The molecule has 12 heteroatoms. The minimum atomic E-state index is -0.664. The van der Waals surface area contributed by atoms with E-state index in [4.69, 9.17) is 30.5 Å². The summed E-state index contributed by atoms with van der Waals surface area (Å²) in [6.45, 7) is 8.32. The Morgan fingerprint density at radius 1 is 1.19 bits per heavy atom. The van der Waals surface area contributed by atoms with Crippen LogP contribution in [0, 0.1) is 5.82 Å². The summed E-state index contributed by atoms with van der Waals surface area (Å²) in [5.74, 6) is -0.119. The molecule has 2 aliphatic heterocycles. The number of ether oxygens (including phenoxy) is 4. The Hall–Kier alpha value is -1.95. The first-order valence-electron chi connectivity index (χ1n) is 11.8. The zero-order valence-corrected chi connectivity index (χ0v) is 23.5. The highest BCUT2D eigenvalue weighted by Gasteiger charge is 2.45. The number of piperazine rings is 1. The SMILES string of the molecule is COC(OC)[C@@H](C)Oc1nc(N2CC3CCC(C2)N3C(=O)OC(C)(C)C)c2cc(Cl)c(Br)c(F)c2n1. The summed E-state index contributed by atoms with van der Waals surface area (Å²) in [5.41, 5.74) is -0.504. The molecule has 2 aromatic rings. The number of aromatic nitrogens is 2. The fourth-order valence-electron chi connectivity index (χ4n) is 4.82. The summed E-state index contributed by atoms with van der Waals surface area (Å²) < 4.78 is 37.5. The van der Waals surface area contributed by atoms with Gasteiger partial charge in [0.15, 0.2) is 12.1 Å². The van der Waals surface area contributed by atoms with Gasteiger partial charge in [0.2, 0.25) is 0 Å². The quantitative estimate of drug-likeness (QED) is 0.338. The van der Waals surface area contributed by atoms with Gasteiger partial charge in [-0.2, -0.15) is 9.97 Å². The van der Waals surface area contributed by atoms with E-state index < -0.39 is 23.8 Å². The van der Waals surface area contributed by atoms with E-state index in [0.29, 0.717) is 24.3 Å². The number of amides is 1. The van der Waals surface area contributed by atoms with Crippen molar-refractivity contribution in [1.82, 2.24) is 14.9 Å². The number of hydrogen-bond acceptors (Lipinski definition) is 8. The minimum absolute atomic E-state index is 0.0147. The molecule has 1 amide bonds. The van der Waals surface area contributed by atoms with Crippen molar-refractivity contribution in [1.29, 1.82) is 0 Å². The van der Waals surface area contributed by atoms with Crippen LogP contribution in [0.2, 0.25) is 5.02 Å². The molecule has 3 atom stereocenters. The Labute approximate surface area is 223 Å². The van der Waals surface area contributed by atoms with Gasteiger partial charge in [0, 0.05) is 32.7 Å². The highest BCUT2D eigenvalue weighted by atomic mass is 79.9. The molecular formula is C24H31BrClFN4O5. The molecule has 9 nitrogen and oxygen atoms in total. The topological polar surface area (TPSA) is 86.2 Å². The molecule has 36 heavy (non-hydrogen) atoms. The number of carbonyl (C=O) groups excluding carboxylic acids is 1. The van der Waals surface area contributed by atoms with Crippen LogP contribution in [0.1, 0.15) is 40.5 Å². The molecule has 2 saturated heterocycles. The van der Waals surface area contributed by atoms with E-state index in [9.17, 15) is 4.79 Å². The number of hydrogen-bond donors (Lipinski definition) is 0. The van der Waals surface area contributed by atoms with Crippen molar-refractivity contribution in [2.75, 3.05) is 32.2 Å². The van der Waals surface area contributed by atoms with Gasteiger partial charge in [-0.25, -0.2) is 9.18 Å². The first kappa shape index (κ1) is 27.1. The summed E-state index contributed by atoms with van der Waals surface area (Å²) in [4.78, 5) is 25.8. The summed E-state index contributed by atoms with van der Waals surface area (Å²) in [6, 6.07) is 1.50. The van der Waals surface area contributed by atoms with Crippen LogP contribution in [0.15, 0.2) is 10.5 Å². The second kappa shape index (κ2) is 10.4. The molecule has 0 N–H and O–H groups in total. The summed E-state index contributed by atoms with van der Waals surface area (Å²) >= 11 is 9.51. The predicted molar refractivity (Wildman–Crippen MR) is 137 cm³/mol. The lowest BCUT2D eigenvalue weighted by molar-refractivity contribution is -0.152. The number of carbonyl (C=O) groups is 1. The van der Waals surface area contributed by atoms with Crippen molar-refractivity contribution in [3.8, 4) is 6.01 Å². The van der Waals surface area contributed by atoms with Gasteiger partial charge in [-0.15, -0.1) is 0 Å². The average Bonchev–Trinajstić information content (AvgIpc) is 3.07. The molecule has 1 aromatic carbocycles. The lowest BCUT2D eigenvalue weighted by Crippen LogP contribution is -2.57. The van der Waals surface area contributed by atoms with Gasteiger partial charge in [0.1, 0.15) is 23.0 Å². The molecule has 3 heterocycles. The van der Waals surface area contributed by atoms with Gasteiger partial charge in [0.25, 0.3) is 0 Å². The predicted octanol–water partition coefficient (Wildman–Crippen LogP) is 5.16. The van der Waals surface area contributed by atoms with E-state index in [-0.39, 0.29) is 39.2 Å². The molecular weight excluding hydrogens is 559 g/mol. The number of anilines is 1. The molecule has 2 aliphatic rings. The molecule has 0 spiro atoms. The van der Waals surface area contributed by atoms with E-state index in [2.05, 4.69) is 25.9 Å². The average molecular weight is 590 g/mol. The maximum atomic E-state index is 15.3. The van der Waals surface area contributed by atoms with Crippen LogP contribution < -0.4 is 9.64 Å². The van der Waals surface area contributed by atoms with Crippen LogP contribution in [-0.2, 0) is 14.2 Å². The second-order valence-corrected chi connectivity index (χ2v) is 11.3. The van der Waals surface area contributed by atoms with Gasteiger partial charge in [-0.3, -0.25) is 4.90 Å². The van der Waals surface area contributed by atoms with Crippen LogP contribution >= 0.6 is 27.5 Å². The van der Waals surface area contributed by atoms with E-state index in [1.807, 2.05) is 30.6 Å². The Bertz CT molecular complexity index is 1130. The van der Waals surface area contributed by atoms with Crippen LogP contribution in [-0.4, -0.2) is 78.3 Å². The first-order valence-corrected chi connectivity index (χ1v) is 12.9. The summed E-state index contributed by atoms with van der Waals surface area (Å²) in [6.07, 6.45) is 0.136. The molecule has 4 rings (SSSR count). The van der Waals surface area contributed by atoms with Crippen LogP contribution in [0.4, 0.5) is 15.0 Å². The van der Waals surface area contributed by atoms with Crippen molar-refractivity contribution in [2.24, 2.45) is 0 Å². The molecule has 2 unspecified atom stereocenters. The normalized spacial score (nSPS) is 20.8. The smallest absolute Gasteiger partial charge is 0.410 e. The Balaban J connectivity index is 1.71. The lowest BCUT2D eigenvalue weighted by atomic mass is 10.1. The second-order valence-electron chi connectivity index (χ2n) is 10.1. The van der Waals surface area contributed by atoms with Gasteiger partial charge in [-0.05, 0) is 62.5 Å². The fraction of sp³-hybridized carbons (Fsp3) is 0.625. The standard InChI is InChI=1S/C24H31BrClFN4O5/c1-12(21(33-5)34-6)35-22-28-19-15(9-16(26)17(25)18(19)27)20(29-22)30-10-13-7-8-14(11-30)31(13)23(32)36-24(2,3)4/h9,12-14,21H,7-8,10-11H2,1-6H3/t12-,13?,14?/m1/s1.